The fourth-order valence-corrected chi connectivity index (χ4v) is 6.63. The Bertz CT molecular complexity index is 929. The highest BCUT2D eigenvalue weighted by Gasteiger charge is 2.55. The molecular weight excluding hydrogens is 423 g/mol. The molecule has 1 aromatic carbocycles. The number of halogens is 1. The quantitative estimate of drug-likeness (QED) is 0.654. The first-order valence-corrected chi connectivity index (χ1v) is 12.5. The Hall–Kier alpha value is -2.44. The average molecular weight is 457 g/mol. The van der Waals surface area contributed by atoms with Crippen LogP contribution in [-0.4, -0.2) is 58.9 Å². The largest absolute Gasteiger partial charge is 0.458 e. The molecule has 2 amide bonds. The van der Waals surface area contributed by atoms with E-state index in [1.54, 1.807) is 18.2 Å². The predicted molar refractivity (Wildman–Crippen MR) is 120 cm³/mol. The zero-order valence-corrected chi connectivity index (χ0v) is 19.1. The second-order valence-electron chi connectivity index (χ2n) is 10.3. The van der Waals surface area contributed by atoms with Crippen LogP contribution in [0, 0.1) is 17.7 Å². The van der Waals surface area contributed by atoms with Gasteiger partial charge in [0, 0.05) is 25.7 Å². The molecule has 3 saturated heterocycles. The lowest BCUT2D eigenvalue weighted by Crippen LogP contribution is -2.59. The summed E-state index contributed by atoms with van der Waals surface area (Å²) in [5, 5.41) is 0. The number of rotatable bonds is 3. The van der Waals surface area contributed by atoms with Gasteiger partial charge in [-0.15, -0.1) is 0 Å². The van der Waals surface area contributed by atoms with Gasteiger partial charge in [0.25, 0.3) is 0 Å². The zero-order valence-electron chi connectivity index (χ0n) is 19.1. The van der Waals surface area contributed by atoms with E-state index in [-0.39, 0.29) is 54.3 Å². The maximum absolute atomic E-state index is 14.0. The average Bonchev–Trinajstić information content (AvgIpc) is 3.14. The minimum absolute atomic E-state index is 0.0575. The number of nitrogens with zero attached hydrogens (tertiary/aromatic N) is 2. The van der Waals surface area contributed by atoms with Gasteiger partial charge in [0.05, 0.1) is 18.8 Å². The van der Waals surface area contributed by atoms with E-state index in [4.69, 9.17) is 4.74 Å². The van der Waals surface area contributed by atoms with Crippen LogP contribution in [0.3, 0.4) is 0 Å². The number of amides is 2. The molecule has 6 nitrogen and oxygen atoms in total. The molecule has 1 aromatic rings. The molecule has 3 atom stereocenters. The third kappa shape index (κ3) is 4.26. The van der Waals surface area contributed by atoms with Gasteiger partial charge in [0.15, 0.2) is 0 Å². The van der Waals surface area contributed by atoms with Gasteiger partial charge in [-0.3, -0.25) is 14.4 Å². The molecule has 3 aliphatic heterocycles. The molecule has 1 spiro atoms. The van der Waals surface area contributed by atoms with Crippen LogP contribution in [0.5, 0.6) is 0 Å². The maximum atomic E-state index is 14.0. The smallest absolute Gasteiger partial charge is 0.307 e. The van der Waals surface area contributed by atoms with Crippen LogP contribution in [0.2, 0.25) is 0 Å². The molecule has 0 N–H and O–H groups in total. The van der Waals surface area contributed by atoms with Crippen LogP contribution in [-0.2, 0) is 25.5 Å². The molecule has 5 rings (SSSR count). The first-order chi connectivity index (χ1) is 16.0. The summed E-state index contributed by atoms with van der Waals surface area (Å²) in [7, 11) is 0. The monoisotopic (exact) mass is 456 g/mol. The van der Waals surface area contributed by atoms with Gasteiger partial charge in [-0.1, -0.05) is 24.6 Å². The summed E-state index contributed by atoms with van der Waals surface area (Å²) in [5.74, 6) is -0.717. The van der Waals surface area contributed by atoms with Crippen molar-refractivity contribution in [2.45, 2.75) is 75.9 Å². The number of hydrogen-bond acceptors (Lipinski definition) is 4. The summed E-state index contributed by atoms with van der Waals surface area (Å²) in [6, 6.07) is 6.52. The van der Waals surface area contributed by atoms with Crippen LogP contribution >= 0.6 is 0 Å². The van der Waals surface area contributed by atoms with Gasteiger partial charge in [0.1, 0.15) is 11.4 Å². The number of piperidine rings is 2. The molecule has 7 heteroatoms. The van der Waals surface area contributed by atoms with Crippen molar-refractivity contribution in [2.75, 3.05) is 19.6 Å². The summed E-state index contributed by atoms with van der Waals surface area (Å²) < 4.78 is 19.8. The number of benzene rings is 1. The first kappa shape index (κ1) is 22.4. The van der Waals surface area contributed by atoms with Crippen LogP contribution in [0.25, 0.3) is 0 Å². The Morgan fingerprint density at radius 3 is 2.64 bits per heavy atom. The van der Waals surface area contributed by atoms with E-state index in [9.17, 15) is 18.8 Å². The number of esters is 1. The molecule has 1 aliphatic carbocycles. The van der Waals surface area contributed by atoms with Crippen molar-refractivity contribution in [3.63, 3.8) is 0 Å². The summed E-state index contributed by atoms with van der Waals surface area (Å²) in [6.07, 6.45) is 7.57. The minimum Gasteiger partial charge on any atom is -0.458 e. The van der Waals surface area contributed by atoms with E-state index in [2.05, 4.69) is 0 Å². The number of likely N-dealkylation sites (tertiary alicyclic amines) is 2. The molecule has 1 saturated carbocycles. The van der Waals surface area contributed by atoms with E-state index < -0.39 is 5.60 Å². The molecule has 3 heterocycles. The molecule has 4 fully saturated rings. The van der Waals surface area contributed by atoms with Crippen molar-refractivity contribution >= 4 is 17.8 Å². The molecule has 178 valence electrons. The molecule has 4 aliphatic rings. The molecule has 0 unspecified atom stereocenters. The highest BCUT2D eigenvalue weighted by atomic mass is 19.1. The van der Waals surface area contributed by atoms with E-state index in [1.807, 2.05) is 9.80 Å². The Balaban J connectivity index is 1.26. The van der Waals surface area contributed by atoms with Crippen molar-refractivity contribution in [3.8, 4) is 0 Å². The van der Waals surface area contributed by atoms with Gasteiger partial charge >= 0.3 is 5.97 Å². The summed E-state index contributed by atoms with van der Waals surface area (Å²) in [6.45, 7) is 1.89. The number of ether oxygens (including phenoxy) is 1. The van der Waals surface area contributed by atoms with Crippen LogP contribution < -0.4 is 0 Å². The fraction of sp³-hybridized carbons (Fsp3) is 0.654. The van der Waals surface area contributed by atoms with Crippen molar-refractivity contribution in [2.24, 2.45) is 11.8 Å². The highest BCUT2D eigenvalue weighted by molar-refractivity contribution is 5.88. The third-order valence-corrected chi connectivity index (χ3v) is 8.32. The lowest BCUT2D eigenvalue weighted by atomic mass is 9.74. The molecule has 0 radical (unpaired) electrons. The van der Waals surface area contributed by atoms with Crippen molar-refractivity contribution in [1.82, 2.24) is 9.80 Å². The zero-order chi connectivity index (χ0) is 23.0. The highest BCUT2D eigenvalue weighted by Crippen LogP contribution is 2.46. The van der Waals surface area contributed by atoms with E-state index in [0.717, 1.165) is 51.4 Å². The maximum Gasteiger partial charge on any atom is 0.307 e. The van der Waals surface area contributed by atoms with Crippen molar-refractivity contribution in [3.05, 3.63) is 35.6 Å². The number of carbonyl (C=O) groups is 3. The second-order valence-corrected chi connectivity index (χ2v) is 10.3. The third-order valence-electron chi connectivity index (χ3n) is 8.32. The Labute approximate surface area is 194 Å². The molecule has 33 heavy (non-hydrogen) atoms. The van der Waals surface area contributed by atoms with Crippen molar-refractivity contribution in [1.29, 1.82) is 0 Å². The van der Waals surface area contributed by atoms with Gasteiger partial charge in [-0.25, -0.2) is 4.39 Å². The minimum atomic E-state index is -0.601. The topological polar surface area (TPSA) is 66.9 Å². The predicted octanol–water partition coefficient (Wildman–Crippen LogP) is 3.47. The lowest BCUT2D eigenvalue weighted by Gasteiger charge is -2.49. The summed E-state index contributed by atoms with van der Waals surface area (Å²) in [5.41, 5.74) is -0.177. The molecular formula is C26H33FN2O4. The Morgan fingerprint density at radius 1 is 1.06 bits per heavy atom. The van der Waals surface area contributed by atoms with Crippen LogP contribution in [0.1, 0.15) is 63.4 Å². The summed E-state index contributed by atoms with van der Waals surface area (Å²) in [4.78, 5) is 42.7. The number of fused-ring (bicyclic) bond motifs is 1. The van der Waals surface area contributed by atoms with E-state index >= 15 is 0 Å². The lowest BCUT2D eigenvalue weighted by molar-refractivity contribution is -0.158. The van der Waals surface area contributed by atoms with Gasteiger partial charge in [0.2, 0.25) is 11.8 Å². The van der Waals surface area contributed by atoms with Gasteiger partial charge in [-0.2, -0.15) is 0 Å². The number of hydrogen-bond donors (Lipinski definition) is 0. The summed E-state index contributed by atoms with van der Waals surface area (Å²) >= 11 is 0. The fourth-order valence-electron chi connectivity index (χ4n) is 6.63. The molecule has 0 aromatic heterocycles. The first-order valence-electron chi connectivity index (χ1n) is 12.5. The molecule has 0 bridgehead atoms. The van der Waals surface area contributed by atoms with Gasteiger partial charge in [-0.05, 0) is 62.5 Å². The van der Waals surface area contributed by atoms with E-state index in [0.29, 0.717) is 25.2 Å². The van der Waals surface area contributed by atoms with E-state index in [1.165, 1.54) is 6.07 Å². The van der Waals surface area contributed by atoms with Crippen LogP contribution in [0.15, 0.2) is 24.3 Å². The van der Waals surface area contributed by atoms with Gasteiger partial charge < -0.3 is 14.5 Å². The Kier molecular flexibility index (Phi) is 6.14. The second kappa shape index (κ2) is 9.07. The van der Waals surface area contributed by atoms with Crippen LogP contribution in [0.4, 0.5) is 4.39 Å². The Morgan fingerprint density at radius 2 is 1.85 bits per heavy atom. The normalized spacial score (nSPS) is 29.0. The number of carbonyl (C=O) groups excluding carboxylic acids is 3. The van der Waals surface area contributed by atoms with Crippen molar-refractivity contribution < 1.29 is 23.5 Å². The standard InChI is InChI=1S/C26H33FN2O4/c27-21-9-3-2-7-18(21)15-23(30)28-14-10-22-19(17-28)8-6-13-29(22)25(32)20-16-24(31)33-26(20)11-4-1-5-12-26/h2-3,7,9,19-20,22H,1,4-6,8,10-17H2/t19-,20-,22+/m1/s1. The SMILES string of the molecule is O=C1C[C@H](C(=O)N2CCC[C@@H]3CN(C(=O)Cc4ccccc4F)CC[C@@H]32)C2(CCCCC2)O1.